The summed E-state index contributed by atoms with van der Waals surface area (Å²) in [5, 5.41) is 63.0. The van der Waals surface area contributed by atoms with Gasteiger partial charge in [-0.3, -0.25) is 24.1 Å². The zero-order valence-electron chi connectivity index (χ0n) is 35.3. The minimum atomic E-state index is -3.01. The molecule has 1 fully saturated rings. The number of nitrogens with two attached hydrogens (primary N) is 1. The van der Waals surface area contributed by atoms with E-state index in [1.165, 1.54) is 35.7 Å². The van der Waals surface area contributed by atoms with Crippen LogP contribution in [0.2, 0.25) is 0 Å². The van der Waals surface area contributed by atoms with E-state index in [2.05, 4.69) is 60.5 Å². The fourth-order valence-electron chi connectivity index (χ4n) is 9.97. The van der Waals surface area contributed by atoms with E-state index in [4.69, 9.17) is 17.0 Å². The molecular weight excluding hydrogens is 817 g/mol. The van der Waals surface area contributed by atoms with Gasteiger partial charge in [0, 0.05) is 11.5 Å². The van der Waals surface area contributed by atoms with Gasteiger partial charge in [0.2, 0.25) is 5.78 Å². The number of unbranched alkanes of at least 4 members (excludes halogenated alkanes) is 8. The van der Waals surface area contributed by atoms with Crippen LogP contribution in [-0.2, 0) is 19.2 Å². The summed E-state index contributed by atoms with van der Waals surface area (Å²) < 4.78 is 0. The van der Waals surface area contributed by atoms with Crippen LogP contribution in [0.1, 0.15) is 88.2 Å². The second-order valence-electron chi connectivity index (χ2n) is 17.5. The van der Waals surface area contributed by atoms with Crippen molar-refractivity contribution in [3.63, 3.8) is 0 Å². The van der Waals surface area contributed by atoms with Crippen molar-refractivity contribution in [1.29, 1.82) is 0 Å². The molecule has 1 saturated carbocycles. The van der Waals surface area contributed by atoms with Gasteiger partial charge in [0.05, 0.1) is 29.3 Å². The third kappa shape index (κ3) is 8.25. The SMILES string of the molecule is C[C@H]1c2ccc(NC(=O)CCCCCCCCCCCP(C)(Cl)(c3ccccc3)c3ccccc3)c(O)c2C(O)=C2C(=O)[C@]3(O)C(O)=C(C(N)=O)C(=O)[C@@H](N(C)C)[C@@H]3[C@@H](O)[C@@H]21. The topological polar surface area (TPSA) is 211 Å². The largest absolute Gasteiger partial charge is 0.508 e. The van der Waals surface area contributed by atoms with Crippen LogP contribution in [0.15, 0.2) is 89.7 Å². The van der Waals surface area contributed by atoms with Gasteiger partial charge in [0.15, 0.2) is 11.4 Å². The number of hydrogen-bond donors (Lipinski definition) is 7. The van der Waals surface area contributed by atoms with Gasteiger partial charge < -0.3 is 36.6 Å². The normalized spacial score (nSPS) is 24.5. The number of carbonyl (C=O) groups excluding carboxylic acids is 4. The van der Waals surface area contributed by atoms with E-state index in [-0.39, 0.29) is 23.6 Å². The van der Waals surface area contributed by atoms with Crippen molar-refractivity contribution in [2.24, 2.45) is 17.6 Å². The van der Waals surface area contributed by atoms with E-state index in [1.807, 2.05) is 12.1 Å². The first-order chi connectivity index (χ1) is 28.9. The predicted octanol–water partition coefficient (Wildman–Crippen LogP) is 6.32. The number of primary amides is 1. The van der Waals surface area contributed by atoms with Crippen molar-refractivity contribution in [2.75, 3.05) is 32.2 Å². The summed E-state index contributed by atoms with van der Waals surface area (Å²) >= 11 is 7.68. The Hall–Kier alpha value is -4.58. The number of Topliss-reactive ketones (excluding diaryl/α,β-unsaturated/α-hetero) is 2. The third-order valence-corrected chi connectivity index (χ3v) is 19.7. The van der Waals surface area contributed by atoms with Gasteiger partial charge >= 0.3 is 171 Å². The number of benzene rings is 3. The summed E-state index contributed by atoms with van der Waals surface area (Å²) in [6.45, 7) is 3.91. The number of aliphatic hydroxyl groups excluding tert-OH is 3. The van der Waals surface area contributed by atoms with Crippen LogP contribution in [0.5, 0.6) is 5.75 Å². The first-order valence-corrected chi connectivity index (χ1v) is 25.0. The smallest absolute Gasteiger partial charge is 0.255 e. The van der Waals surface area contributed by atoms with E-state index in [0.717, 1.165) is 57.5 Å². The molecule has 3 aromatic rings. The van der Waals surface area contributed by atoms with E-state index >= 15 is 0 Å². The minimum absolute atomic E-state index is 0.00733. The average molecular weight is 876 g/mol. The maximum absolute atomic E-state index is 14.2. The number of phenolic OH excluding ortho intramolecular Hbond substituents is 1. The fourth-order valence-corrected chi connectivity index (χ4v) is 14.7. The number of ketones is 2. The minimum Gasteiger partial charge on any atom is -0.508 e. The number of hydrogen-bond acceptors (Lipinski definition) is 10. The Morgan fingerprint density at radius 1 is 0.836 bits per heavy atom. The average Bonchev–Trinajstić information content (AvgIpc) is 3.22. The number of halogens is 1. The quantitative estimate of drug-likeness (QED) is 0.0347. The Balaban J connectivity index is 1.02. The Morgan fingerprint density at radius 2 is 1.36 bits per heavy atom. The van der Waals surface area contributed by atoms with Gasteiger partial charge in [0.1, 0.15) is 22.8 Å². The monoisotopic (exact) mass is 875 g/mol. The number of anilines is 1. The Morgan fingerprint density at radius 3 is 1.89 bits per heavy atom. The van der Waals surface area contributed by atoms with Crippen LogP contribution < -0.4 is 21.7 Å². The predicted molar refractivity (Wildman–Crippen MR) is 241 cm³/mol. The van der Waals surface area contributed by atoms with Gasteiger partial charge in [-0.2, -0.15) is 0 Å². The van der Waals surface area contributed by atoms with Crippen LogP contribution in [0, 0.1) is 11.8 Å². The Kier molecular flexibility index (Phi) is 13.6. The molecule has 3 aromatic carbocycles. The number of nitrogens with zero attached hydrogens (tertiary/aromatic N) is 1. The van der Waals surface area contributed by atoms with Crippen LogP contribution in [0.4, 0.5) is 5.69 Å². The maximum Gasteiger partial charge on any atom is 0.255 e. The molecule has 0 bridgehead atoms. The molecule has 6 atom stereocenters. The van der Waals surface area contributed by atoms with Crippen molar-refractivity contribution >= 4 is 62.6 Å². The fraction of sp³-hybridized carbons (Fsp3) is 0.447. The summed E-state index contributed by atoms with van der Waals surface area (Å²) in [7, 11) is 2.90. The number of phenols is 1. The van der Waals surface area contributed by atoms with Crippen molar-refractivity contribution in [2.45, 2.75) is 94.8 Å². The molecule has 0 radical (unpaired) electrons. The van der Waals surface area contributed by atoms with E-state index in [9.17, 15) is 44.7 Å². The standard InChI is InChI=1S/C47H59ClN3O9P/c1-28-31-25-26-32(40(53)35(31)41(54)36-34(28)42(55)38-39(51(2)3)43(56)37(46(49)59)45(58)47(38,60)44(36)57)50-33(52)24-18-10-8-6-5-7-9-11-19-27-61(4,48,29-20-14-12-15-21-29)30-22-16-13-17-23-30/h12-17,20-23,25-26,28,34,38-39,42,53-55,58,60H,5-11,18-19,24,27H2,1-4H3,(H2,49,59)(H,50,52)/t28-,34+,38+,39-,42-,47-/m0/s1. The molecule has 0 unspecified atom stereocenters. The molecular formula is C47H59ClN3O9P. The van der Waals surface area contributed by atoms with Gasteiger partial charge in [-0.25, -0.2) is 0 Å². The summed E-state index contributed by atoms with van der Waals surface area (Å²) in [6, 6.07) is 22.6. The Bertz CT molecular complexity index is 2200. The second-order valence-corrected chi connectivity index (χ2v) is 25.0. The number of carbonyl (C=O) groups is 4. The zero-order valence-corrected chi connectivity index (χ0v) is 37.0. The molecule has 0 aromatic heterocycles. The summed E-state index contributed by atoms with van der Waals surface area (Å²) in [6.07, 6.45) is 8.53. The molecule has 12 nitrogen and oxygen atoms in total. The molecule has 0 heterocycles. The molecule has 3 aliphatic carbocycles. The van der Waals surface area contributed by atoms with Crippen molar-refractivity contribution < 1.29 is 44.7 Å². The van der Waals surface area contributed by atoms with Crippen LogP contribution in [0.3, 0.4) is 0 Å². The van der Waals surface area contributed by atoms with E-state index in [0.29, 0.717) is 12.0 Å². The molecule has 6 rings (SSSR count). The van der Waals surface area contributed by atoms with Crippen molar-refractivity contribution in [1.82, 2.24) is 4.90 Å². The van der Waals surface area contributed by atoms with E-state index in [1.54, 1.807) is 13.0 Å². The molecule has 2 amide bonds. The number of amides is 2. The first kappa shape index (κ1) is 45.9. The maximum atomic E-state index is 14.2. The molecule has 328 valence electrons. The second kappa shape index (κ2) is 18.0. The third-order valence-electron chi connectivity index (χ3n) is 13.3. The van der Waals surface area contributed by atoms with Crippen LogP contribution >= 0.6 is 17.2 Å². The van der Waals surface area contributed by atoms with Crippen molar-refractivity contribution in [3.8, 4) is 5.75 Å². The van der Waals surface area contributed by atoms with Gasteiger partial charge in [0.25, 0.3) is 5.91 Å². The van der Waals surface area contributed by atoms with Gasteiger partial charge in [-0.15, -0.1) is 0 Å². The van der Waals surface area contributed by atoms with Gasteiger partial charge in [-0.05, 0) is 31.6 Å². The zero-order chi connectivity index (χ0) is 44.5. The summed E-state index contributed by atoms with van der Waals surface area (Å²) in [5.41, 5.74) is 1.08. The Labute approximate surface area is 362 Å². The number of nitrogens with one attached hydrogen (secondary N) is 1. The van der Waals surface area contributed by atoms with Crippen LogP contribution in [0.25, 0.3) is 5.76 Å². The molecule has 0 spiro atoms. The number of likely N-dealkylation sites (N-methyl/N-ethyl adjacent to an activating group) is 1. The molecule has 3 aliphatic rings. The molecule has 8 N–H and O–H groups in total. The van der Waals surface area contributed by atoms with E-state index < -0.39 is 87.3 Å². The molecule has 0 aliphatic heterocycles. The number of fused-ring (bicyclic) bond motifs is 3. The number of aromatic hydroxyl groups is 1. The van der Waals surface area contributed by atoms with Crippen molar-refractivity contribution in [3.05, 3.63) is 101 Å². The molecule has 61 heavy (non-hydrogen) atoms. The summed E-state index contributed by atoms with van der Waals surface area (Å²) in [5.74, 6) is -12.9. The number of aliphatic hydroxyl groups is 4. The number of rotatable bonds is 17. The molecule has 14 heteroatoms. The summed E-state index contributed by atoms with van der Waals surface area (Å²) in [4.78, 5) is 54.3. The van der Waals surface area contributed by atoms with Gasteiger partial charge in [-0.1, -0.05) is 13.0 Å². The molecule has 0 saturated heterocycles. The van der Waals surface area contributed by atoms with Crippen LogP contribution in [-0.4, -0.2) is 98.5 Å². The first-order valence-electron chi connectivity index (χ1n) is 21.2.